The smallest absolute Gasteiger partial charge is 0.242 e. The van der Waals surface area contributed by atoms with Crippen LogP contribution < -0.4 is 5.32 Å². The van der Waals surface area contributed by atoms with Gasteiger partial charge in [0.25, 0.3) is 0 Å². The van der Waals surface area contributed by atoms with Crippen LogP contribution in [0.4, 0.5) is 0 Å². The van der Waals surface area contributed by atoms with Gasteiger partial charge in [-0.2, -0.15) is 0 Å². The van der Waals surface area contributed by atoms with Gasteiger partial charge in [-0.05, 0) is 53.4 Å². The van der Waals surface area contributed by atoms with Gasteiger partial charge in [-0.3, -0.25) is 4.79 Å². The van der Waals surface area contributed by atoms with Crippen molar-refractivity contribution in [2.24, 2.45) is 0 Å². The fraction of sp³-hybridized carbons (Fsp3) is 0.929. The van der Waals surface area contributed by atoms with Gasteiger partial charge in [-0.15, -0.1) is 0 Å². The molecule has 1 heterocycles. The lowest BCUT2D eigenvalue weighted by Gasteiger charge is -2.32. The molecule has 0 spiro atoms. The Hall–Kier alpha value is -0.650. The molecule has 1 aliphatic rings. The van der Waals surface area contributed by atoms with Crippen molar-refractivity contribution in [1.29, 1.82) is 0 Å². The van der Waals surface area contributed by atoms with Crippen LogP contribution in [0.2, 0.25) is 0 Å². The minimum absolute atomic E-state index is 0.223. The van der Waals surface area contributed by atoms with Crippen molar-refractivity contribution in [2.75, 3.05) is 54.0 Å². The first-order valence-electron chi connectivity index (χ1n) is 7.17. The summed E-state index contributed by atoms with van der Waals surface area (Å²) in [7, 11) is 5.79. The summed E-state index contributed by atoms with van der Waals surface area (Å²) in [5.41, 5.74) is -0.369. The summed E-state index contributed by atoms with van der Waals surface area (Å²) in [5, 5.41) is 3.35. The maximum absolute atomic E-state index is 12.6. The number of amides is 1. The van der Waals surface area contributed by atoms with E-state index in [2.05, 4.69) is 24.3 Å². The zero-order chi connectivity index (χ0) is 14.3. The van der Waals surface area contributed by atoms with Gasteiger partial charge in [0.15, 0.2) is 0 Å². The lowest BCUT2D eigenvalue weighted by atomic mass is 9.98. The fourth-order valence-electron chi connectivity index (χ4n) is 2.52. The van der Waals surface area contributed by atoms with Gasteiger partial charge in [0.05, 0.1) is 12.1 Å². The molecule has 1 fully saturated rings. The van der Waals surface area contributed by atoms with Crippen LogP contribution in [0.5, 0.6) is 0 Å². The Bertz CT molecular complexity index is 276. The second-order valence-electron chi connectivity index (χ2n) is 5.80. The Morgan fingerprint density at radius 2 is 2.05 bits per heavy atom. The van der Waals surface area contributed by atoms with Gasteiger partial charge >= 0.3 is 0 Å². The number of ether oxygens (including phenoxy) is 1. The molecule has 5 heteroatoms. The maximum Gasteiger partial charge on any atom is 0.242 e. The van der Waals surface area contributed by atoms with Crippen LogP contribution in [-0.2, 0) is 9.53 Å². The van der Waals surface area contributed by atoms with Gasteiger partial charge in [0.2, 0.25) is 5.91 Å². The van der Waals surface area contributed by atoms with E-state index in [1.807, 2.05) is 11.8 Å². The van der Waals surface area contributed by atoms with Gasteiger partial charge in [-0.1, -0.05) is 0 Å². The molecule has 1 aliphatic heterocycles. The topological polar surface area (TPSA) is 44.8 Å². The summed E-state index contributed by atoms with van der Waals surface area (Å²) in [6.07, 6.45) is 3.01. The predicted molar refractivity (Wildman–Crippen MR) is 77.3 cm³/mol. The largest absolute Gasteiger partial charge is 0.383 e. The van der Waals surface area contributed by atoms with E-state index < -0.39 is 0 Å². The number of carbonyl (C=O) groups is 1. The third-order valence-corrected chi connectivity index (χ3v) is 3.73. The van der Waals surface area contributed by atoms with Crippen LogP contribution in [-0.4, -0.2) is 75.2 Å². The lowest BCUT2D eigenvalue weighted by molar-refractivity contribution is -0.138. The Balaban J connectivity index is 2.53. The molecule has 0 aromatic rings. The Labute approximate surface area is 117 Å². The van der Waals surface area contributed by atoms with Crippen LogP contribution in [0.1, 0.15) is 26.2 Å². The minimum atomic E-state index is -0.369. The van der Waals surface area contributed by atoms with Crippen LogP contribution in [0.25, 0.3) is 0 Å². The molecule has 0 aliphatic carbocycles. The standard InChI is InChI=1S/C14H29N3O2/c1-14(7-5-8-15-14)13(18)17(11-12-19-4)10-6-9-16(2)3/h15H,5-12H2,1-4H3. The molecular weight excluding hydrogens is 242 g/mol. The Morgan fingerprint density at radius 1 is 1.32 bits per heavy atom. The highest BCUT2D eigenvalue weighted by atomic mass is 16.5. The molecule has 0 radical (unpaired) electrons. The van der Waals surface area contributed by atoms with Crippen LogP contribution in [0.15, 0.2) is 0 Å². The van der Waals surface area contributed by atoms with E-state index in [4.69, 9.17) is 4.74 Å². The van der Waals surface area contributed by atoms with Crippen molar-refractivity contribution in [3.05, 3.63) is 0 Å². The van der Waals surface area contributed by atoms with E-state index in [0.29, 0.717) is 13.2 Å². The number of carbonyl (C=O) groups excluding carboxylic acids is 1. The average Bonchev–Trinajstić information content (AvgIpc) is 2.80. The number of rotatable bonds is 8. The molecule has 1 atom stereocenters. The second kappa shape index (κ2) is 7.82. The number of nitrogens with zero attached hydrogens (tertiary/aromatic N) is 2. The molecule has 1 saturated heterocycles. The summed E-state index contributed by atoms with van der Waals surface area (Å²) >= 11 is 0. The third-order valence-electron chi connectivity index (χ3n) is 3.73. The molecule has 0 saturated carbocycles. The van der Waals surface area contributed by atoms with Crippen molar-refractivity contribution in [3.63, 3.8) is 0 Å². The predicted octanol–water partition coefficient (Wildman–Crippen LogP) is 0.555. The van der Waals surface area contributed by atoms with E-state index in [1.165, 1.54) is 0 Å². The monoisotopic (exact) mass is 271 g/mol. The van der Waals surface area contributed by atoms with Crippen molar-refractivity contribution in [2.45, 2.75) is 31.7 Å². The van der Waals surface area contributed by atoms with Gasteiger partial charge < -0.3 is 19.9 Å². The quantitative estimate of drug-likeness (QED) is 0.700. The molecule has 1 amide bonds. The van der Waals surface area contributed by atoms with E-state index in [9.17, 15) is 4.79 Å². The highest BCUT2D eigenvalue weighted by Crippen LogP contribution is 2.21. The van der Waals surface area contributed by atoms with E-state index in [1.54, 1.807) is 7.11 Å². The molecular formula is C14H29N3O2. The lowest BCUT2D eigenvalue weighted by Crippen LogP contribution is -2.53. The SMILES string of the molecule is COCCN(CCCN(C)C)C(=O)C1(C)CCCN1. The molecule has 1 unspecified atom stereocenters. The van der Waals surface area contributed by atoms with Crippen LogP contribution >= 0.6 is 0 Å². The average molecular weight is 271 g/mol. The van der Waals surface area contributed by atoms with Gasteiger partial charge in [-0.25, -0.2) is 0 Å². The second-order valence-corrected chi connectivity index (χ2v) is 5.80. The van der Waals surface area contributed by atoms with Crippen LogP contribution in [0.3, 0.4) is 0 Å². The van der Waals surface area contributed by atoms with Crippen LogP contribution in [0, 0.1) is 0 Å². The molecule has 0 aromatic carbocycles. The van der Waals surface area contributed by atoms with Gasteiger partial charge in [0, 0.05) is 20.2 Å². The summed E-state index contributed by atoms with van der Waals surface area (Å²) in [6, 6.07) is 0. The number of hydrogen-bond acceptors (Lipinski definition) is 4. The van der Waals surface area contributed by atoms with Gasteiger partial charge in [0.1, 0.15) is 0 Å². The van der Waals surface area contributed by atoms with Crippen molar-refractivity contribution < 1.29 is 9.53 Å². The summed E-state index contributed by atoms with van der Waals surface area (Å²) in [4.78, 5) is 16.7. The molecule has 1 N–H and O–H groups in total. The number of methoxy groups -OCH3 is 1. The maximum atomic E-state index is 12.6. The minimum Gasteiger partial charge on any atom is -0.383 e. The number of nitrogens with one attached hydrogen (secondary N) is 1. The number of hydrogen-bond donors (Lipinski definition) is 1. The summed E-state index contributed by atoms with van der Waals surface area (Å²) in [5.74, 6) is 0.223. The summed E-state index contributed by atoms with van der Waals surface area (Å²) in [6.45, 7) is 6.05. The highest BCUT2D eigenvalue weighted by molar-refractivity contribution is 5.86. The van der Waals surface area contributed by atoms with E-state index >= 15 is 0 Å². The zero-order valence-corrected chi connectivity index (χ0v) is 12.9. The first-order chi connectivity index (χ1) is 8.99. The normalized spacial score (nSPS) is 23.0. The Morgan fingerprint density at radius 3 is 2.58 bits per heavy atom. The zero-order valence-electron chi connectivity index (χ0n) is 12.9. The molecule has 1 rings (SSSR count). The fourth-order valence-corrected chi connectivity index (χ4v) is 2.52. The highest BCUT2D eigenvalue weighted by Gasteiger charge is 2.38. The van der Waals surface area contributed by atoms with Crippen molar-refractivity contribution in [3.8, 4) is 0 Å². The molecule has 112 valence electrons. The first kappa shape index (κ1) is 16.4. The Kier molecular flexibility index (Phi) is 6.75. The van der Waals surface area contributed by atoms with Crippen molar-refractivity contribution in [1.82, 2.24) is 15.1 Å². The molecule has 0 aromatic heterocycles. The van der Waals surface area contributed by atoms with Crippen molar-refractivity contribution >= 4 is 5.91 Å². The molecule has 5 nitrogen and oxygen atoms in total. The van der Waals surface area contributed by atoms with E-state index in [-0.39, 0.29) is 11.4 Å². The molecule has 0 bridgehead atoms. The van der Waals surface area contributed by atoms with E-state index in [0.717, 1.165) is 38.9 Å². The first-order valence-corrected chi connectivity index (χ1v) is 7.17. The third kappa shape index (κ3) is 5.09. The molecule has 19 heavy (non-hydrogen) atoms. The summed E-state index contributed by atoms with van der Waals surface area (Å²) < 4.78 is 5.12.